The molecule has 0 bridgehead atoms. The molecule has 0 amide bonds. The molecule has 0 aliphatic carbocycles. The summed E-state index contributed by atoms with van der Waals surface area (Å²) in [5, 5.41) is 19.0. The molecule has 0 aliphatic heterocycles. The molecule has 4 nitrogen and oxygen atoms in total. The first-order valence-electron chi connectivity index (χ1n) is 4.14. The van der Waals surface area contributed by atoms with Gasteiger partial charge in [0.05, 0.1) is 0 Å². The van der Waals surface area contributed by atoms with Gasteiger partial charge in [-0.25, -0.2) is 0 Å². The smallest absolute Gasteiger partial charge is 0.0418 e. The third kappa shape index (κ3) is 24.5. The Hall–Kier alpha value is -0.261. The molecule has 0 N–H and O–H groups in total. The van der Waals surface area contributed by atoms with Gasteiger partial charge in [0.25, 0.3) is 0 Å². The van der Waals surface area contributed by atoms with Gasteiger partial charge in [-0.15, -0.1) is 0 Å². The zero-order valence-electron chi connectivity index (χ0n) is 7.96. The zero-order chi connectivity index (χ0) is 10.7. The van der Waals surface area contributed by atoms with Gasteiger partial charge in [-0.05, 0) is 12.8 Å². The van der Waals surface area contributed by atoms with Crippen LogP contribution in [-0.2, 0) is 9.59 Å². The molecule has 5 heteroatoms. The van der Waals surface area contributed by atoms with Crippen LogP contribution >= 0.6 is 0 Å². The van der Waals surface area contributed by atoms with Crippen molar-refractivity contribution in [2.24, 2.45) is 0 Å². The summed E-state index contributed by atoms with van der Waals surface area (Å²) in [4.78, 5) is 19.0. The molecule has 0 aromatic heterocycles. The average Bonchev–Trinajstić information content (AvgIpc) is 2.03. The standard InChI is InChI=1S/C4H6O4.2C2H5.Sn/c5-3(6)1-2-4(7)8;2*1-2;/h1-2H2,(H,5,6)(H,7,8);2*1H2,2H3;/q;;;+2/p-2. The van der Waals surface area contributed by atoms with Gasteiger partial charge in [0.15, 0.2) is 0 Å². The van der Waals surface area contributed by atoms with Crippen LogP contribution in [0.4, 0.5) is 0 Å². The molecule has 0 aliphatic rings. The number of hydrogen-bond acceptors (Lipinski definition) is 4. The second-order valence-electron chi connectivity index (χ2n) is 2.20. The maximum absolute atomic E-state index is 9.50. The van der Waals surface area contributed by atoms with E-state index in [4.69, 9.17) is 0 Å². The SMILES string of the molecule is C[CH2][Sn+2][CH2]C.O=C([O-])CCC(=O)[O-]. The van der Waals surface area contributed by atoms with E-state index in [1.807, 2.05) is 0 Å². The van der Waals surface area contributed by atoms with Gasteiger partial charge in [-0.1, -0.05) is 0 Å². The van der Waals surface area contributed by atoms with E-state index in [2.05, 4.69) is 13.8 Å². The molecule has 0 saturated heterocycles. The van der Waals surface area contributed by atoms with Gasteiger partial charge in [-0.3, -0.25) is 0 Å². The fraction of sp³-hybridized carbons (Fsp3) is 0.750. The summed E-state index contributed by atoms with van der Waals surface area (Å²) in [5.74, 6) is -2.73. The molecule has 0 unspecified atom stereocenters. The van der Waals surface area contributed by atoms with Crippen LogP contribution in [-0.4, -0.2) is 33.1 Å². The van der Waals surface area contributed by atoms with Crippen molar-refractivity contribution >= 4 is 33.1 Å². The Balaban J connectivity index is 0. The topological polar surface area (TPSA) is 80.3 Å². The predicted molar refractivity (Wildman–Crippen MR) is 46.0 cm³/mol. The molecule has 0 rings (SSSR count). The first kappa shape index (κ1) is 15.2. The summed E-state index contributed by atoms with van der Waals surface area (Å²) >= 11 is 0.218. The summed E-state index contributed by atoms with van der Waals surface area (Å²) in [5.41, 5.74) is 0. The monoisotopic (exact) mass is 294 g/mol. The van der Waals surface area contributed by atoms with Crippen molar-refractivity contribution in [2.45, 2.75) is 35.6 Å². The van der Waals surface area contributed by atoms with E-state index in [1.54, 1.807) is 0 Å². The van der Waals surface area contributed by atoms with Crippen LogP contribution in [0.1, 0.15) is 26.7 Å². The van der Waals surface area contributed by atoms with E-state index in [9.17, 15) is 19.8 Å². The first-order chi connectivity index (χ1) is 6.04. The van der Waals surface area contributed by atoms with Crippen LogP contribution in [0, 0.1) is 0 Å². The van der Waals surface area contributed by atoms with E-state index in [-0.39, 0.29) is 21.1 Å². The van der Waals surface area contributed by atoms with Gasteiger partial charge >= 0.3 is 43.9 Å². The Labute approximate surface area is 88.6 Å². The summed E-state index contributed by atoms with van der Waals surface area (Å²) in [6.07, 6.45) is -0.940. The number of aliphatic carboxylic acids is 2. The second kappa shape index (κ2) is 11.7. The Morgan fingerprint density at radius 2 is 1.31 bits per heavy atom. The Morgan fingerprint density at radius 3 is 1.38 bits per heavy atom. The average molecular weight is 293 g/mol. The molecule has 0 radical (unpaired) electrons. The van der Waals surface area contributed by atoms with E-state index < -0.39 is 24.8 Å². The molecule has 0 aromatic rings. The van der Waals surface area contributed by atoms with Gasteiger partial charge in [0.1, 0.15) is 0 Å². The number of carboxylic acid groups (broad SMARTS) is 2. The van der Waals surface area contributed by atoms with Crippen molar-refractivity contribution in [1.82, 2.24) is 0 Å². The van der Waals surface area contributed by atoms with Crippen LogP contribution in [0.15, 0.2) is 0 Å². The number of carbonyl (C=O) groups excluding carboxylic acids is 2. The third-order valence-electron chi connectivity index (χ3n) is 1.03. The minimum absolute atomic E-state index is 0.218. The number of carbonyl (C=O) groups is 2. The fourth-order valence-corrected chi connectivity index (χ4v) is 1.88. The zero-order valence-corrected chi connectivity index (χ0v) is 10.8. The molecule has 0 atom stereocenters. The molecule has 0 fully saturated rings. The number of hydrogen-bond donors (Lipinski definition) is 0. The molecular formula is C8H14O4Sn. The van der Waals surface area contributed by atoms with Crippen molar-refractivity contribution in [1.29, 1.82) is 0 Å². The quantitative estimate of drug-likeness (QED) is 0.598. The van der Waals surface area contributed by atoms with Crippen LogP contribution < -0.4 is 10.2 Å². The number of carboxylic acids is 2. The maximum Gasteiger partial charge on any atom is 0.0418 e. The van der Waals surface area contributed by atoms with Gasteiger partial charge in [-0.2, -0.15) is 0 Å². The fourth-order valence-electron chi connectivity index (χ4n) is 0.454. The van der Waals surface area contributed by atoms with E-state index in [0.717, 1.165) is 0 Å². The predicted octanol–water partition coefficient (Wildman–Crippen LogP) is -1.17. The van der Waals surface area contributed by atoms with Gasteiger partial charge in [0.2, 0.25) is 0 Å². The summed E-state index contributed by atoms with van der Waals surface area (Å²) in [7, 11) is 0. The Bertz CT molecular complexity index is 131. The van der Waals surface area contributed by atoms with Gasteiger partial charge < -0.3 is 19.8 Å². The molecule has 13 heavy (non-hydrogen) atoms. The summed E-state index contributed by atoms with van der Waals surface area (Å²) < 4.78 is 3.03. The van der Waals surface area contributed by atoms with Crippen molar-refractivity contribution in [3.8, 4) is 0 Å². The minimum Gasteiger partial charge on any atom is -0.550 e. The summed E-state index contributed by atoms with van der Waals surface area (Å²) in [6, 6.07) is 0. The molecule has 74 valence electrons. The normalized spacial score (nSPS) is 7.85. The molecule has 0 heterocycles. The summed E-state index contributed by atoms with van der Waals surface area (Å²) in [6.45, 7) is 4.57. The largest absolute Gasteiger partial charge is 0.550 e. The van der Waals surface area contributed by atoms with Crippen molar-refractivity contribution in [3.05, 3.63) is 0 Å². The first-order valence-corrected chi connectivity index (χ1v) is 8.18. The maximum atomic E-state index is 9.50. The van der Waals surface area contributed by atoms with Crippen molar-refractivity contribution < 1.29 is 19.8 Å². The number of rotatable bonds is 5. The molecular weight excluding hydrogens is 279 g/mol. The van der Waals surface area contributed by atoms with Crippen LogP contribution in [0.25, 0.3) is 0 Å². The Morgan fingerprint density at radius 1 is 1.00 bits per heavy atom. The van der Waals surface area contributed by atoms with Crippen LogP contribution in [0.2, 0.25) is 8.87 Å². The Kier molecular flexibility index (Phi) is 13.7. The van der Waals surface area contributed by atoms with Crippen molar-refractivity contribution in [2.75, 3.05) is 0 Å². The molecule has 0 spiro atoms. The van der Waals surface area contributed by atoms with Crippen LogP contribution in [0.3, 0.4) is 0 Å². The molecule has 0 aromatic carbocycles. The third-order valence-corrected chi connectivity index (χ3v) is 3.89. The molecule has 0 saturated carbocycles. The minimum atomic E-state index is -1.37. The van der Waals surface area contributed by atoms with Crippen molar-refractivity contribution in [3.63, 3.8) is 0 Å². The van der Waals surface area contributed by atoms with E-state index >= 15 is 0 Å². The van der Waals surface area contributed by atoms with Crippen LogP contribution in [0.5, 0.6) is 0 Å². The van der Waals surface area contributed by atoms with Gasteiger partial charge in [0, 0.05) is 11.9 Å². The van der Waals surface area contributed by atoms with E-state index in [0.29, 0.717) is 0 Å². The second-order valence-corrected chi connectivity index (χ2v) is 7.66. The van der Waals surface area contributed by atoms with E-state index in [1.165, 1.54) is 8.87 Å².